The summed E-state index contributed by atoms with van der Waals surface area (Å²) >= 11 is 1.68. The summed E-state index contributed by atoms with van der Waals surface area (Å²) in [5, 5.41) is 2.47. The van der Waals surface area contributed by atoms with Crippen LogP contribution >= 0.6 is 11.3 Å². The Morgan fingerprint density at radius 3 is 2.57 bits per heavy atom. The average Bonchev–Trinajstić information content (AvgIpc) is 2.95. The van der Waals surface area contributed by atoms with Crippen LogP contribution in [0.15, 0.2) is 60.4 Å². The molecule has 2 aromatic carbocycles. The van der Waals surface area contributed by atoms with Gasteiger partial charge in [0.25, 0.3) is 0 Å². The molecule has 0 bridgehead atoms. The third-order valence-electron chi connectivity index (χ3n) is 3.28. The molecule has 0 atom stereocenters. The molecule has 0 radical (unpaired) electrons. The van der Waals surface area contributed by atoms with Crippen molar-refractivity contribution in [1.29, 1.82) is 0 Å². The van der Waals surface area contributed by atoms with E-state index < -0.39 is 0 Å². The number of aromatic nitrogens is 2. The van der Waals surface area contributed by atoms with E-state index in [4.69, 9.17) is 0 Å². The van der Waals surface area contributed by atoms with Gasteiger partial charge in [0.05, 0.1) is 15.7 Å². The van der Waals surface area contributed by atoms with E-state index in [0.717, 1.165) is 5.52 Å². The number of hydrogen-bond acceptors (Lipinski definition) is 3. The number of rotatable bonds is 0. The van der Waals surface area contributed by atoms with Crippen LogP contribution in [0, 0.1) is 13.8 Å². The zero-order valence-corrected chi connectivity index (χ0v) is 12.9. The normalized spacial score (nSPS) is 10.4. The van der Waals surface area contributed by atoms with E-state index in [1.54, 1.807) is 11.3 Å². The highest BCUT2D eigenvalue weighted by Gasteiger charge is 1.93. The summed E-state index contributed by atoms with van der Waals surface area (Å²) in [5.41, 5.74) is 5.55. The molecule has 3 heteroatoms. The topological polar surface area (TPSA) is 25.8 Å². The zero-order valence-electron chi connectivity index (χ0n) is 12.1. The van der Waals surface area contributed by atoms with Crippen LogP contribution in [0.4, 0.5) is 0 Å². The summed E-state index contributed by atoms with van der Waals surface area (Å²) in [6.07, 6.45) is 3.71. The van der Waals surface area contributed by atoms with Gasteiger partial charge in [0.2, 0.25) is 0 Å². The highest BCUT2D eigenvalue weighted by molar-refractivity contribution is 7.16. The Hall–Kier alpha value is -2.26. The van der Waals surface area contributed by atoms with Crippen LogP contribution < -0.4 is 0 Å². The number of aryl methyl sites for hydroxylation is 2. The number of fused-ring (bicyclic) bond motifs is 2. The van der Waals surface area contributed by atoms with Crippen LogP contribution in [0.3, 0.4) is 0 Å². The molecule has 2 heterocycles. The number of benzene rings is 2. The second-order valence-corrected chi connectivity index (χ2v) is 5.94. The van der Waals surface area contributed by atoms with Gasteiger partial charge in [-0.25, -0.2) is 4.98 Å². The van der Waals surface area contributed by atoms with Crippen molar-refractivity contribution in [3.05, 3.63) is 71.5 Å². The van der Waals surface area contributed by atoms with Crippen molar-refractivity contribution >= 4 is 32.3 Å². The average molecular weight is 292 g/mol. The molecule has 0 aliphatic heterocycles. The third-order valence-corrected chi connectivity index (χ3v) is 4.09. The Morgan fingerprint density at radius 1 is 0.857 bits per heavy atom. The third kappa shape index (κ3) is 3.26. The predicted molar refractivity (Wildman–Crippen MR) is 90.8 cm³/mol. The van der Waals surface area contributed by atoms with Crippen molar-refractivity contribution in [1.82, 2.24) is 9.97 Å². The fourth-order valence-electron chi connectivity index (χ4n) is 2.17. The lowest BCUT2D eigenvalue weighted by atomic mass is 10.1. The van der Waals surface area contributed by atoms with Crippen molar-refractivity contribution < 1.29 is 0 Å². The summed E-state index contributed by atoms with van der Waals surface area (Å²) in [6.45, 7) is 4.17. The maximum absolute atomic E-state index is 4.20. The molecule has 0 aliphatic rings. The molecule has 4 rings (SSSR count). The Labute approximate surface area is 128 Å². The molecule has 21 heavy (non-hydrogen) atoms. The van der Waals surface area contributed by atoms with Crippen molar-refractivity contribution in [3.63, 3.8) is 0 Å². The van der Waals surface area contributed by atoms with Gasteiger partial charge >= 0.3 is 0 Å². The van der Waals surface area contributed by atoms with Crippen LogP contribution in [0.2, 0.25) is 0 Å². The maximum Gasteiger partial charge on any atom is 0.0814 e. The largest absolute Gasteiger partial charge is 0.264 e. The zero-order chi connectivity index (χ0) is 14.7. The molecule has 0 spiro atoms. The van der Waals surface area contributed by atoms with Gasteiger partial charge < -0.3 is 0 Å². The lowest BCUT2D eigenvalue weighted by Crippen LogP contribution is -1.75. The minimum atomic E-state index is 1.12. The SMILES string of the molecule is Cc1ccc2ccncc2c1.Cc1ccc2scnc2c1. The predicted octanol–water partition coefficient (Wildman–Crippen LogP) is 5.15. The molecule has 0 unspecified atom stereocenters. The molecule has 2 nitrogen and oxygen atoms in total. The van der Waals surface area contributed by atoms with Crippen molar-refractivity contribution in [2.24, 2.45) is 0 Å². The molecule has 0 N–H and O–H groups in total. The summed E-state index contributed by atoms with van der Waals surface area (Å²) in [7, 11) is 0. The van der Waals surface area contributed by atoms with E-state index in [-0.39, 0.29) is 0 Å². The number of thiazole rings is 1. The summed E-state index contributed by atoms with van der Waals surface area (Å²) in [6, 6.07) is 14.7. The maximum atomic E-state index is 4.20. The fraction of sp³-hybridized carbons (Fsp3) is 0.111. The Bertz CT molecular complexity index is 880. The highest BCUT2D eigenvalue weighted by atomic mass is 32.1. The second-order valence-electron chi connectivity index (χ2n) is 5.05. The van der Waals surface area contributed by atoms with E-state index in [1.807, 2.05) is 24.0 Å². The smallest absolute Gasteiger partial charge is 0.0814 e. The van der Waals surface area contributed by atoms with Gasteiger partial charge in [0.1, 0.15) is 0 Å². The molecular formula is C18H16N2S. The molecule has 0 aliphatic carbocycles. The van der Waals surface area contributed by atoms with Gasteiger partial charge in [-0.3, -0.25) is 4.98 Å². The van der Waals surface area contributed by atoms with Crippen molar-refractivity contribution in [2.75, 3.05) is 0 Å². The van der Waals surface area contributed by atoms with Gasteiger partial charge in [-0.2, -0.15) is 0 Å². The standard InChI is InChI=1S/C10H9N.C8H7NS/c1-8-2-3-9-4-5-11-7-10(9)6-8;1-6-2-3-8-7(4-6)9-5-10-8/h2-7H,1H3;2-5H,1H3. The number of pyridine rings is 1. The summed E-state index contributed by atoms with van der Waals surface area (Å²) < 4.78 is 1.27. The first-order valence-corrected chi connectivity index (χ1v) is 7.70. The van der Waals surface area contributed by atoms with Crippen LogP contribution in [-0.4, -0.2) is 9.97 Å². The van der Waals surface area contributed by atoms with E-state index in [9.17, 15) is 0 Å². The summed E-state index contributed by atoms with van der Waals surface area (Å²) in [5.74, 6) is 0. The van der Waals surface area contributed by atoms with E-state index in [0.29, 0.717) is 0 Å². The van der Waals surface area contributed by atoms with E-state index >= 15 is 0 Å². The fourth-order valence-corrected chi connectivity index (χ4v) is 2.83. The van der Waals surface area contributed by atoms with Gasteiger partial charge in [0.15, 0.2) is 0 Å². The van der Waals surface area contributed by atoms with Gasteiger partial charge in [-0.15, -0.1) is 11.3 Å². The first kappa shape index (κ1) is 13.7. The highest BCUT2D eigenvalue weighted by Crippen LogP contribution is 2.17. The molecule has 0 fully saturated rings. The molecule has 0 saturated heterocycles. The molecular weight excluding hydrogens is 276 g/mol. The molecule has 4 aromatic rings. The lowest BCUT2D eigenvalue weighted by Gasteiger charge is -1.96. The Balaban J connectivity index is 0.000000126. The molecule has 2 aromatic heterocycles. The van der Waals surface area contributed by atoms with Crippen LogP contribution in [0.25, 0.3) is 21.0 Å². The van der Waals surface area contributed by atoms with Crippen LogP contribution in [-0.2, 0) is 0 Å². The van der Waals surface area contributed by atoms with E-state index in [2.05, 4.69) is 60.2 Å². The molecule has 0 amide bonds. The second kappa shape index (κ2) is 6.02. The quantitative estimate of drug-likeness (QED) is 0.448. The summed E-state index contributed by atoms with van der Waals surface area (Å²) in [4.78, 5) is 8.25. The van der Waals surface area contributed by atoms with Gasteiger partial charge in [-0.1, -0.05) is 23.8 Å². The first-order chi connectivity index (χ1) is 10.2. The number of hydrogen-bond donors (Lipinski definition) is 0. The Kier molecular flexibility index (Phi) is 3.93. The number of nitrogens with zero attached hydrogens (tertiary/aromatic N) is 2. The molecule has 0 saturated carbocycles. The lowest BCUT2D eigenvalue weighted by molar-refractivity contribution is 1.36. The minimum Gasteiger partial charge on any atom is -0.264 e. The minimum absolute atomic E-state index is 1.12. The van der Waals surface area contributed by atoms with Gasteiger partial charge in [0, 0.05) is 17.8 Å². The van der Waals surface area contributed by atoms with Crippen molar-refractivity contribution in [2.45, 2.75) is 13.8 Å². The Morgan fingerprint density at radius 2 is 1.67 bits per heavy atom. The first-order valence-electron chi connectivity index (χ1n) is 6.82. The van der Waals surface area contributed by atoms with Crippen LogP contribution in [0.5, 0.6) is 0 Å². The van der Waals surface area contributed by atoms with Gasteiger partial charge in [-0.05, 0) is 49.1 Å². The van der Waals surface area contributed by atoms with Crippen molar-refractivity contribution in [3.8, 4) is 0 Å². The molecule has 104 valence electrons. The van der Waals surface area contributed by atoms with Crippen LogP contribution in [0.1, 0.15) is 11.1 Å². The monoisotopic (exact) mass is 292 g/mol. The van der Waals surface area contributed by atoms with E-state index in [1.165, 1.54) is 26.6 Å².